The van der Waals surface area contributed by atoms with Gasteiger partial charge in [0.15, 0.2) is 0 Å². The van der Waals surface area contributed by atoms with E-state index in [4.69, 9.17) is 14.4 Å². The molecule has 0 atom stereocenters. The summed E-state index contributed by atoms with van der Waals surface area (Å²) in [6.07, 6.45) is 0.211. The van der Waals surface area contributed by atoms with E-state index in [0.29, 0.717) is 11.7 Å². The largest absolute Gasteiger partial charge is 0.497 e. The van der Waals surface area contributed by atoms with Gasteiger partial charge in [0, 0.05) is 12.0 Å². The van der Waals surface area contributed by atoms with E-state index in [0.717, 1.165) is 11.3 Å². The molecule has 0 unspecified atom stereocenters. The first-order valence-electron chi connectivity index (χ1n) is 5.38. The predicted octanol–water partition coefficient (Wildman–Crippen LogP) is 1.76. The van der Waals surface area contributed by atoms with Gasteiger partial charge >= 0.3 is 5.97 Å². The number of carbonyl (C=O) groups is 1. The normalized spacial score (nSPS) is 10.3. The first-order chi connectivity index (χ1) is 8.69. The van der Waals surface area contributed by atoms with Crippen molar-refractivity contribution >= 4 is 5.97 Å². The Hall–Kier alpha value is -2.37. The molecule has 0 aliphatic carbocycles. The number of ether oxygens (including phenoxy) is 1. The van der Waals surface area contributed by atoms with Crippen LogP contribution in [0.2, 0.25) is 0 Å². The zero-order valence-electron chi connectivity index (χ0n) is 9.79. The standard InChI is InChI=1S/C12H12N2O4/c1-17-9-4-2-8(3-5-9)12-13-10(18-14-12)6-7-11(15)16/h2-5H,6-7H2,1H3,(H,15,16). The zero-order chi connectivity index (χ0) is 13.0. The number of methoxy groups -OCH3 is 1. The molecule has 18 heavy (non-hydrogen) atoms. The molecule has 1 N–H and O–H groups in total. The molecule has 0 amide bonds. The molecule has 0 aliphatic heterocycles. The number of aryl methyl sites for hydroxylation is 1. The van der Waals surface area contributed by atoms with E-state index in [1.165, 1.54) is 0 Å². The summed E-state index contributed by atoms with van der Waals surface area (Å²) in [5.74, 6) is 0.619. The molecule has 0 saturated heterocycles. The molecule has 1 aromatic carbocycles. The summed E-state index contributed by atoms with van der Waals surface area (Å²) in [6, 6.07) is 7.21. The molecule has 2 rings (SSSR count). The fourth-order valence-electron chi connectivity index (χ4n) is 1.43. The van der Waals surface area contributed by atoms with Gasteiger partial charge in [-0.2, -0.15) is 4.98 Å². The van der Waals surface area contributed by atoms with Crippen LogP contribution in [0.15, 0.2) is 28.8 Å². The lowest BCUT2D eigenvalue weighted by molar-refractivity contribution is -0.137. The summed E-state index contributed by atoms with van der Waals surface area (Å²) in [7, 11) is 1.59. The van der Waals surface area contributed by atoms with E-state index in [-0.39, 0.29) is 12.8 Å². The predicted molar refractivity (Wildman–Crippen MR) is 62.2 cm³/mol. The maximum Gasteiger partial charge on any atom is 0.303 e. The molecule has 0 saturated carbocycles. The highest BCUT2D eigenvalue weighted by Crippen LogP contribution is 2.19. The van der Waals surface area contributed by atoms with E-state index >= 15 is 0 Å². The lowest BCUT2D eigenvalue weighted by Crippen LogP contribution is -1.97. The second-order valence-electron chi connectivity index (χ2n) is 3.63. The maximum absolute atomic E-state index is 10.4. The molecule has 6 nitrogen and oxygen atoms in total. The van der Waals surface area contributed by atoms with Crippen LogP contribution in [-0.4, -0.2) is 28.3 Å². The number of aliphatic carboxylic acids is 1. The van der Waals surface area contributed by atoms with E-state index in [9.17, 15) is 4.79 Å². The summed E-state index contributed by atoms with van der Waals surface area (Å²) in [6.45, 7) is 0. The maximum atomic E-state index is 10.4. The van der Waals surface area contributed by atoms with Crippen molar-refractivity contribution in [3.63, 3.8) is 0 Å². The average molecular weight is 248 g/mol. The second-order valence-corrected chi connectivity index (χ2v) is 3.63. The van der Waals surface area contributed by atoms with Crippen LogP contribution in [0.5, 0.6) is 5.75 Å². The van der Waals surface area contributed by atoms with Crippen LogP contribution in [0.1, 0.15) is 12.3 Å². The third-order valence-electron chi connectivity index (χ3n) is 2.37. The number of aromatic nitrogens is 2. The number of hydrogen-bond acceptors (Lipinski definition) is 5. The molecule has 1 heterocycles. The minimum absolute atomic E-state index is 0.0236. The van der Waals surface area contributed by atoms with E-state index in [1.807, 2.05) is 12.1 Å². The summed E-state index contributed by atoms with van der Waals surface area (Å²) in [5, 5.41) is 12.4. The topological polar surface area (TPSA) is 85.5 Å². The fraction of sp³-hybridized carbons (Fsp3) is 0.250. The molecular weight excluding hydrogens is 236 g/mol. The van der Waals surface area contributed by atoms with Crippen LogP contribution in [0.3, 0.4) is 0 Å². The Labute approximate surface area is 103 Å². The Morgan fingerprint density at radius 1 is 1.39 bits per heavy atom. The average Bonchev–Trinajstić information content (AvgIpc) is 2.85. The van der Waals surface area contributed by atoms with Crippen molar-refractivity contribution in [3.8, 4) is 17.1 Å². The van der Waals surface area contributed by atoms with Gasteiger partial charge in [0.05, 0.1) is 13.5 Å². The Bertz CT molecular complexity index is 533. The van der Waals surface area contributed by atoms with Gasteiger partial charge < -0.3 is 14.4 Å². The minimum Gasteiger partial charge on any atom is -0.497 e. The SMILES string of the molecule is COc1ccc(-c2noc(CCC(=O)O)n2)cc1. The molecule has 0 aliphatic rings. The van der Waals surface area contributed by atoms with Crippen molar-refractivity contribution in [2.75, 3.05) is 7.11 Å². The molecule has 94 valence electrons. The van der Waals surface area contributed by atoms with E-state index in [2.05, 4.69) is 10.1 Å². The van der Waals surface area contributed by atoms with Gasteiger partial charge in [0.25, 0.3) is 0 Å². The number of hydrogen-bond donors (Lipinski definition) is 1. The van der Waals surface area contributed by atoms with Crippen molar-refractivity contribution in [2.24, 2.45) is 0 Å². The van der Waals surface area contributed by atoms with Crippen LogP contribution in [-0.2, 0) is 11.2 Å². The highest BCUT2D eigenvalue weighted by molar-refractivity contribution is 5.66. The Kier molecular flexibility index (Phi) is 3.57. The van der Waals surface area contributed by atoms with Gasteiger partial charge in [-0.05, 0) is 24.3 Å². The van der Waals surface area contributed by atoms with Crippen molar-refractivity contribution in [3.05, 3.63) is 30.2 Å². The lowest BCUT2D eigenvalue weighted by Gasteiger charge is -1.98. The zero-order valence-corrected chi connectivity index (χ0v) is 9.79. The summed E-state index contributed by atoms with van der Waals surface area (Å²) in [5.41, 5.74) is 0.793. The molecule has 6 heteroatoms. The minimum atomic E-state index is -0.890. The Morgan fingerprint density at radius 3 is 2.72 bits per heavy atom. The van der Waals surface area contributed by atoms with Gasteiger partial charge in [0.1, 0.15) is 5.75 Å². The third kappa shape index (κ3) is 2.85. The highest BCUT2D eigenvalue weighted by Gasteiger charge is 2.10. The van der Waals surface area contributed by atoms with Gasteiger partial charge in [-0.3, -0.25) is 4.79 Å². The van der Waals surface area contributed by atoms with Crippen LogP contribution in [0.25, 0.3) is 11.4 Å². The quantitative estimate of drug-likeness (QED) is 0.867. The first kappa shape index (κ1) is 12.1. The number of nitrogens with zero attached hydrogens (tertiary/aromatic N) is 2. The molecule has 0 spiro atoms. The monoisotopic (exact) mass is 248 g/mol. The Morgan fingerprint density at radius 2 is 2.11 bits per heavy atom. The summed E-state index contributed by atoms with van der Waals surface area (Å²) >= 11 is 0. The molecular formula is C12H12N2O4. The first-order valence-corrected chi connectivity index (χ1v) is 5.38. The van der Waals surface area contributed by atoms with Gasteiger partial charge in [-0.15, -0.1) is 0 Å². The molecule has 1 aromatic heterocycles. The summed E-state index contributed by atoms with van der Waals surface area (Å²) in [4.78, 5) is 14.5. The number of carboxylic acid groups (broad SMARTS) is 1. The number of rotatable bonds is 5. The van der Waals surface area contributed by atoms with Crippen LogP contribution in [0, 0.1) is 0 Å². The molecule has 0 fully saturated rings. The van der Waals surface area contributed by atoms with Crippen molar-refractivity contribution in [2.45, 2.75) is 12.8 Å². The van der Waals surface area contributed by atoms with Crippen molar-refractivity contribution in [1.29, 1.82) is 0 Å². The van der Waals surface area contributed by atoms with Gasteiger partial charge in [-0.25, -0.2) is 0 Å². The summed E-state index contributed by atoms with van der Waals surface area (Å²) < 4.78 is 10.0. The lowest BCUT2D eigenvalue weighted by atomic mass is 10.2. The second kappa shape index (κ2) is 5.31. The number of carboxylic acids is 1. The van der Waals surface area contributed by atoms with E-state index in [1.54, 1.807) is 19.2 Å². The van der Waals surface area contributed by atoms with Gasteiger partial charge in [-0.1, -0.05) is 5.16 Å². The number of benzene rings is 1. The van der Waals surface area contributed by atoms with Crippen LogP contribution < -0.4 is 4.74 Å². The molecule has 0 radical (unpaired) electrons. The van der Waals surface area contributed by atoms with Crippen molar-refractivity contribution < 1.29 is 19.2 Å². The van der Waals surface area contributed by atoms with E-state index < -0.39 is 5.97 Å². The molecule has 0 bridgehead atoms. The molecule has 2 aromatic rings. The van der Waals surface area contributed by atoms with Crippen LogP contribution in [0.4, 0.5) is 0 Å². The van der Waals surface area contributed by atoms with Crippen molar-refractivity contribution in [1.82, 2.24) is 10.1 Å². The highest BCUT2D eigenvalue weighted by atomic mass is 16.5. The third-order valence-corrected chi connectivity index (χ3v) is 2.37. The van der Waals surface area contributed by atoms with Crippen LogP contribution >= 0.6 is 0 Å². The fourth-order valence-corrected chi connectivity index (χ4v) is 1.43. The smallest absolute Gasteiger partial charge is 0.303 e. The van der Waals surface area contributed by atoms with Gasteiger partial charge in [0.2, 0.25) is 11.7 Å². The Balaban J connectivity index is 2.10.